The molecule has 0 aromatic heterocycles. The molecule has 0 aliphatic heterocycles. The Kier molecular flexibility index (Phi) is 11.9. The van der Waals surface area contributed by atoms with Crippen LogP contribution < -0.4 is 4.74 Å². The lowest BCUT2D eigenvalue weighted by atomic mass is 10.1. The topological polar surface area (TPSA) is 54.0 Å². The first-order valence-electron chi connectivity index (χ1n) is 8.36. The summed E-state index contributed by atoms with van der Waals surface area (Å²) >= 11 is 0. The van der Waals surface area contributed by atoms with E-state index in [1.807, 2.05) is 6.07 Å². The summed E-state index contributed by atoms with van der Waals surface area (Å²) in [5.41, 5.74) is 0.978. The Bertz CT molecular complexity index is 453. The van der Waals surface area contributed by atoms with Crippen molar-refractivity contribution >= 4 is 6.29 Å². The van der Waals surface area contributed by atoms with Crippen LogP contribution in [0, 0.1) is 5.82 Å². The Balaban J connectivity index is 1.97. The first kappa shape index (κ1) is 20.5. The molecule has 0 saturated heterocycles. The Hall–Kier alpha value is -1.50. The molecule has 0 unspecified atom stereocenters. The summed E-state index contributed by atoms with van der Waals surface area (Å²) in [5.74, 6) is -0.0824. The lowest BCUT2D eigenvalue weighted by Crippen LogP contribution is -2.13. The molecule has 0 N–H and O–H groups in total. The van der Waals surface area contributed by atoms with Gasteiger partial charge in [0.1, 0.15) is 12.9 Å². The first-order chi connectivity index (χ1) is 11.8. The molecule has 0 heterocycles. The maximum absolute atomic E-state index is 13.8. The van der Waals surface area contributed by atoms with Gasteiger partial charge in [0.05, 0.1) is 39.6 Å². The Labute approximate surface area is 143 Å². The second-order valence-corrected chi connectivity index (χ2v) is 5.16. The molecule has 24 heavy (non-hydrogen) atoms. The molecule has 0 bridgehead atoms. The number of aldehydes is 1. The van der Waals surface area contributed by atoms with Gasteiger partial charge in [0.15, 0.2) is 11.6 Å². The molecule has 0 fully saturated rings. The Morgan fingerprint density at radius 2 is 1.58 bits per heavy atom. The van der Waals surface area contributed by atoms with Crippen LogP contribution in [-0.4, -0.2) is 52.5 Å². The summed E-state index contributed by atoms with van der Waals surface area (Å²) in [7, 11) is 0. The third kappa shape index (κ3) is 9.60. The smallest absolute Gasteiger partial charge is 0.165 e. The van der Waals surface area contributed by atoms with Crippen LogP contribution >= 0.6 is 0 Å². The normalized spacial score (nSPS) is 10.8. The molecule has 0 amide bonds. The maximum Gasteiger partial charge on any atom is 0.165 e. The van der Waals surface area contributed by atoms with E-state index >= 15 is 0 Å². The fourth-order valence-corrected chi connectivity index (χ4v) is 1.99. The van der Waals surface area contributed by atoms with Gasteiger partial charge in [0, 0.05) is 6.42 Å². The van der Waals surface area contributed by atoms with E-state index in [4.69, 9.17) is 18.9 Å². The molecular weight excluding hydrogens is 315 g/mol. The van der Waals surface area contributed by atoms with E-state index in [0.29, 0.717) is 52.7 Å². The van der Waals surface area contributed by atoms with Crippen molar-refractivity contribution in [1.82, 2.24) is 0 Å². The highest BCUT2D eigenvalue weighted by Crippen LogP contribution is 2.19. The van der Waals surface area contributed by atoms with Crippen molar-refractivity contribution < 1.29 is 28.1 Å². The van der Waals surface area contributed by atoms with Gasteiger partial charge in [-0.15, -0.1) is 0 Å². The van der Waals surface area contributed by atoms with E-state index in [1.54, 1.807) is 6.07 Å². The minimum absolute atomic E-state index is 0.252. The van der Waals surface area contributed by atoms with Gasteiger partial charge in [0.2, 0.25) is 0 Å². The predicted octanol–water partition coefficient (Wildman–Crippen LogP) is 2.80. The van der Waals surface area contributed by atoms with E-state index < -0.39 is 0 Å². The van der Waals surface area contributed by atoms with E-state index in [0.717, 1.165) is 24.7 Å². The van der Waals surface area contributed by atoms with Crippen molar-refractivity contribution in [2.45, 2.75) is 26.2 Å². The molecule has 0 aliphatic carbocycles. The van der Waals surface area contributed by atoms with Gasteiger partial charge in [-0.2, -0.15) is 0 Å². The quantitative estimate of drug-likeness (QED) is 0.362. The minimum atomic E-state index is -0.334. The number of ether oxygens (including phenoxy) is 4. The van der Waals surface area contributed by atoms with Crippen molar-refractivity contribution in [3.05, 3.63) is 29.6 Å². The van der Waals surface area contributed by atoms with Crippen molar-refractivity contribution in [3.63, 3.8) is 0 Å². The summed E-state index contributed by atoms with van der Waals surface area (Å²) < 4.78 is 34.9. The highest BCUT2D eigenvalue weighted by Gasteiger charge is 2.04. The molecule has 1 aromatic carbocycles. The maximum atomic E-state index is 13.8. The SMILES string of the molecule is CCCc1ccc(OCCOCCOCCOCCC=O)c(F)c1. The van der Waals surface area contributed by atoms with Gasteiger partial charge in [0.25, 0.3) is 0 Å². The summed E-state index contributed by atoms with van der Waals surface area (Å²) in [5, 5.41) is 0. The molecule has 6 heteroatoms. The van der Waals surface area contributed by atoms with Crippen LogP contribution in [0.3, 0.4) is 0 Å². The average molecular weight is 342 g/mol. The van der Waals surface area contributed by atoms with Crippen molar-refractivity contribution in [3.8, 4) is 5.75 Å². The van der Waals surface area contributed by atoms with Crippen LogP contribution in [0.25, 0.3) is 0 Å². The second kappa shape index (κ2) is 13.9. The Morgan fingerprint density at radius 3 is 2.17 bits per heavy atom. The first-order valence-corrected chi connectivity index (χ1v) is 8.36. The predicted molar refractivity (Wildman–Crippen MR) is 89.0 cm³/mol. The van der Waals surface area contributed by atoms with Crippen molar-refractivity contribution in [1.29, 1.82) is 0 Å². The third-order valence-corrected chi connectivity index (χ3v) is 3.14. The standard InChI is InChI=1S/C18H27FO5/c1-2-4-16-5-6-18(17(19)15-16)24-14-13-23-12-11-22-10-9-21-8-3-7-20/h5-7,15H,2-4,8-14H2,1H3. The van der Waals surface area contributed by atoms with Crippen LogP contribution in [0.15, 0.2) is 18.2 Å². The highest BCUT2D eigenvalue weighted by atomic mass is 19.1. The lowest BCUT2D eigenvalue weighted by Gasteiger charge is -2.09. The molecule has 1 aromatic rings. The van der Waals surface area contributed by atoms with Crippen molar-refractivity contribution in [2.24, 2.45) is 0 Å². The molecule has 0 aliphatic rings. The van der Waals surface area contributed by atoms with E-state index in [1.165, 1.54) is 6.07 Å². The number of benzene rings is 1. The summed E-state index contributed by atoms with van der Waals surface area (Å²) in [6, 6.07) is 5.06. The van der Waals surface area contributed by atoms with Crippen molar-refractivity contribution in [2.75, 3.05) is 46.2 Å². The molecule has 0 saturated carbocycles. The van der Waals surface area contributed by atoms with Gasteiger partial charge < -0.3 is 23.7 Å². The largest absolute Gasteiger partial charge is 0.488 e. The minimum Gasteiger partial charge on any atom is -0.488 e. The molecule has 0 atom stereocenters. The van der Waals surface area contributed by atoms with E-state index in [9.17, 15) is 9.18 Å². The van der Waals surface area contributed by atoms with Gasteiger partial charge in [-0.1, -0.05) is 19.4 Å². The molecule has 136 valence electrons. The van der Waals surface area contributed by atoms with Gasteiger partial charge in [-0.05, 0) is 24.1 Å². The van der Waals surface area contributed by atoms with Crippen LogP contribution in [0.1, 0.15) is 25.3 Å². The fourth-order valence-electron chi connectivity index (χ4n) is 1.99. The number of aryl methyl sites for hydroxylation is 1. The molecular formula is C18H27FO5. The summed E-state index contributed by atoms with van der Waals surface area (Å²) in [6.07, 6.45) is 3.08. The highest BCUT2D eigenvalue weighted by molar-refractivity contribution is 5.49. The zero-order valence-corrected chi connectivity index (χ0v) is 14.3. The monoisotopic (exact) mass is 342 g/mol. The lowest BCUT2D eigenvalue weighted by molar-refractivity contribution is -0.108. The number of hydrogen-bond donors (Lipinski definition) is 0. The van der Waals surface area contributed by atoms with Gasteiger partial charge in [-0.3, -0.25) is 0 Å². The van der Waals surface area contributed by atoms with Crippen LogP contribution in [0.2, 0.25) is 0 Å². The summed E-state index contributed by atoms with van der Waals surface area (Å²) in [4.78, 5) is 10.1. The van der Waals surface area contributed by atoms with E-state index in [-0.39, 0.29) is 11.6 Å². The number of hydrogen-bond acceptors (Lipinski definition) is 5. The molecule has 0 radical (unpaired) electrons. The van der Waals surface area contributed by atoms with Gasteiger partial charge in [-0.25, -0.2) is 4.39 Å². The number of carbonyl (C=O) groups excluding carboxylic acids is 1. The average Bonchev–Trinajstić information content (AvgIpc) is 2.58. The fraction of sp³-hybridized carbons (Fsp3) is 0.611. The van der Waals surface area contributed by atoms with Crippen LogP contribution in [0.5, 0.6) is 5.75 Å². The summed E-state index contributed by atoms with van der Waals surface area (Å²) in [6.45, 7) is 4.97. The van der Waals surface area contributed by atoms with Gasteiger partial charge >= 0.3 is 0 Å². The third-order valence-electron chi connectivity index (χ3n) is 3.14. The Morgan fingerprint density at radius 1 is 0.958 bits per heavy atom. The molecule has 5 nitrogen and oxygen atoms in total. The molecule has 0 spiro atoms. The number of rotatable bonds is 15. The van der Waals surface area contributed by atoms with Crippen LogP contribution in [0.4, 0.5) is 4.39 Å². The van der Waals surface area contributed by atoms with E-state index in [2.05, 4.69) is 6.92 Å². The molecule has 1 rings (SSSR count). The number of halogens is 1. The second-order valence-electron chi connectivity index (χ2n) is 5.16. The number of carbonyl (C=O) groups is 1. The van der Waals surface area contributed by atoms with Crippen LogP contribution in [-0.2, 0) is 25.4 Å². The zero-order chi connectivity index (χ0) is 17.5. The zero-order valence-electron chi connectivity index (χ0n) is 14.3.